The van der Waals surface area contributed by atoms with Gasteiger partial charge in [-0.2, -0.15) is 5.10 Å². The molecule has 0 aliphatic heterocycles. The molecule has 0 aliphatic carbocycles. The van der Waals surface area contributed by atoms with Crippen LogP contribution < -0.4 is 5.32 Å². The van der Waals surface area contributed by atoms with Gasteiger partial charge in [-0.15, -0.1) is 0 Å². The maximum atomic E-state index is 12.1. The van der Waals surface area contributed by atoms with Crippen molar-refractivity contribution < 1.29 is 19.4 Å². The highest BCUT2D eigenvalue weighted by atomic mass is 16.5. The number of amides is 1. The Morgan fingerprint density at radius 2 is 1.92 bits per heavy atom. The van der Waals surface area contributed by atoms with Gasteiger partial charge in [-0.3, -0.25) is 4.68 Å². The zero-order chi connectivity index (χ0) is 19.3. The summed E-state index contributed by atoms with van der Waals surface area (Å²) in [6.45, 7) is 7.62. The summed E-state index contributed by atoms with van der Waals surface area (Å²) in [7, 11) is 0. The minimum Gasteiger partial charge on any atom is -0.480 e. The van der Waals surface area contributed by atoms with E-state index in [4.69, 9.17) is 4.74 Å². The van der Waals surface area contributed by atoms with Gasteiger partial charge in [0.15, 0.2) is 6.04 Å². The van der Waals surface area contributed by atoms with Crippen molar-refractivity contribution in [2.24, 2.45) is 0 Å². The van der Waals surface area contributed by atoms with Gasteiger partial charge in [0.25, 0.3) is 0 Å². The van der Waals surface area contributed by atoms with E-state index >= 15 is 0 Å². The fourth-order valence-electron chi connectivity index (χ4n) is 3.03. The number of ether oxygens (including phenoxy) is 1. The average Bonchev–Trinajstić information content (AvgIpc) is 2.91. The number of hydrogen-bond donors (Lipinski definition) is 2. The fourth-order valence-corrected chi connectivity index (χ4v) is 3.03. The molecule has 0 saturated heterocycles. The zero-order valence-electron chi connectivity index (χ0n) is 15.5. The number of rotatable bonds is 7. The molecule has 0 fully saturated rings. The number of carboxylic acid groups (broad SMARTS) is 1. The molecular weight excluding hydrogens is 334 g/mol. The molecule has 0 bridgehead atoms. The minimum absolute atomic E-state index is 0.0767. The molecule has 140 valence electrons. The first-order chi connectivity index (χ1) is 12.3. The van der Waals surface area contributed by atoms with E-state index in [0.29, 0.717) is 0 Å². The molecule has 1 heterocycles. The summed E-state index contributed by atoms with van der Waals surface area (Å²) in [6, 6.07) is 7.49. The number of alkyl carbamates (subject to hydrolysis) is 1. The number of hydrogen-bond acceptors (Lipinski definition) is 4. The molecular formula is C19H25N3O4. The molecule has 0 aliphatic rings. The maximum Gasteiger partial charge on any atom is 0.408 e. The van der Waals surface area contributed by atoms with Crippen LogP contribution in [0.25, 0.3) is 0 Å². The summed E-state index contributed by atoms with van der Waals surface area (Å²) in [6.07, 6.45) is 0.0413. The van der Waals surface area contributed by atoms with E-state index in [1.54, 1.807) is 11.6 Å². The molecule has 0 saturated carbocycles. The van der Waals surface area contributed by atoms with Gasteiger partial charge in [-0.1, -0.05) is 37.3 Å². The van der Waals surface area contributed by atoms with Crippen molar-refractivity contribution in [3.63, 3.8) is 0 Å². The van der Waals surface area contributed by atoms with Gasteiger partial charge in [-0.25, -0.2) is 9.59 Å². The van der Waals surface area contributed by atoms with Crippen LogP contribution in [0.4, 0.5) is 4.79 Å². The number of carboxylic acids is 1. The Balaban J connectivity index is 2.08. The number of aromatic nitrogens is 2. The van der Waals surface area contributed by atoms with Crippen LogP contribution in [0.15, 0.2) is 30.3 Å². The number of carbonyl (C=O) groups excluding carboxylic acids is 1. The Bertz CT molecular complexity index is 771. The SMILES string of the molecule is CCc1c(C)nn(C(C)C(NC(=O)OCc2ccccc2)C(=O)O)c1C. The van der Waals surface area contributed by atoms with E-state index in [1.165, 1.54) is 0 Å². The second-order valence-electron chi connectivity index (χ2n) is 6.21. The van der Waals surface area contributed by atoms with Crippen LogP contribution in [0.2, 0.25) is 0 Å². The van der Waals surface area contributed by atoms with Crippen LogP contribution >= 0.6 is 0 Å². The lowest BCUT2D eigenvalue weighted by Crippen LogP contribution is -2.46. The maximum absolute atomic E-state index is 12.1. The van der Waals surface area contributed by atoms with Gasteiger partial charge >= 0.3 is 12.1 Å². The van der Waals surface area contributed by atoms with E-state index in [9.17, 15) is 14.7 Å². The highest BCUT2D eigenvalue weighted by molar-refractivity contribution is 5.80. The molecule has 2 aromatic rings. The summed E-state index contributed by atoms with van der Waals surface area (Å²) < 4.78 is 6.79. The number of aliphatic carboxylic acids is 1. The first kappa shape index (κ1) is 19.5. The Morgan fingerprint density at radius 1 is 1.27 bits per heavy atom. The molecule has 7 nitrogen and oxygen atoms in total. The van der Waals surface area contributed by atoms with Gasteiger partial charge in [0.05, 0.1) is 11.7 Å². The molecule has 1 aromatic carbocycles. The van der Waals surface area contributed by atoms with E-state index in [-0.39, 0.29) is 6.61 Å². The van der Waals surface area contributed by atoms with Crippen molar-refractivity contribution in [1.82, 2.24) is 15.1 Å². The van der Waals surface area contributed by atoms with Crippen LogP contribution in [0.5, 0.6) is 0 Å². The van der Waals surface area contributed by atoms with Crippen LogP contribution in [0.1, 0.15) is 42.4 Å². The second kappa shape index (κ2) is 8.51. The van der Waals surface area contributed by atoms with Crippen LogP contribution in [-0.2, 0) is 22.6 Å². The summed E-state index contributed by atoms with van der Waals surface area (Å²) >= 11 is 0. The monoisotopic (exact) mass is 359 g/mol. The number of aryl methyl sites for hydroxylation is 1. The van der Waals surface area contributed by atoms with Crippen molar-refractivity contribution >= 4 is 12.1 Å². The second-order valence-corrected chi connectivity index (χ2v) is 6.21. The first-order valence-corrected chi connectivity index (χ1v) is 8.59. The molecule has 0 radical (unpaired) electrons. The number of nitrogens with zero attached hydrogens (tertiary/aromatic N) is 2. The number of nitrogens with one attached hydrogen (secondary N) is 1. The molecule has 7 heteroatoms. The van der Waals surface area contributed by atoms with Crippen molar-refractivity contribution in [2.75, 3.05) is 0 Å². The molecule has 1 amide bonds. The predicted molar refractivity (Wildman–Crippen MR) is 97.0 cm³/mol. The van der Waals surface area contributed by atoms with Gasteiger partial charge in [0.2, 0.25) is 0 Å². The average molecular weight is 359 g/mol. The molecule has 2 rings (SSSR count). The Kier molecular flexibility index (Phi) is 6.38. The Labute approximate surface area is 153 Å². The van der Waals surface area contributed by atoms with Crippen molar-refractivity contribution in [1.29, 1.82) is 0 Å². The van der Waals surface area contributed by atoms with E-state index in [2.05, 4.69) is 10.4 Å². The molecule has 26 heavy (non-hydrogen) atoms. The highest BCUT2D eigenvalue weighted by Crippen LogP contribution is 2.20. The van der Waals surface area contributed by atoms with E-state index < -0.39 is 24.1 Å². The van der Waals surface area contributed by atoms with Crippen molar-refractivity contribution in [2.45, 2.75) is 52.8 Å². The summed E-state index contributed by atoms with van der Waals surface area (Å²) in [5.41, 5.74) is 3.69. The smallest absolute Gasteiger partial charge is 0.408 e. The van der Waals surface area contributed by atoms with Gasteiger partial charge in [0, 0.05) is 5.69 Å². The Hall–Kier alpha value is -2.83. The molecule has 1 aromatic heterocycles. The van der Waals surface area contributed by atoms with Crippen LogP contribution in [0.3, 0.4) is 0 Å². The lowest BCUT2D eigenvalue weighted by Gasteiger charge is -2.23. The van der Waals surface area contributed by atoms with Gasteiger partial charge < -0.3 is 15.2 Å². The summed E-state index contributed by atoms with van der Waals surface area (Å²) in [5, 5.41) is 16.4. The third kappa shape index (κ3) is 4.41. The lowest BCUT2D eigenvalue weighted by atomic mass is 10.1. The van der Waals surface area contributed by atoms with Crippen molar-refractivity contribution in [3.05, 3.63) is 52.8 Å². The van der Waals surface area contributed by atoms with Crippen LogP contribution in [0, 0.1) is 13.8 Å². The summed E-state index contributed by atoms with van der Waals surface area (Å²) in [4.78, 5) is 23.7. The quantitative estimate of drug-likeness (QED) is 0.793. The number of benzene rings is 1. The molecule has 0 spiro atoms. The molecule has 2 N–H and O–H groups in total. The predicted octanol–water partition coefficient (Wildman–Crippen LogP) is 3.00. The minimum atomic E-state index is -1.15. The standard InChI is InChI=1S/C19H25N3O4/c1-5-16-12(2)21-22(13(16)3)14(4)17(18(23)24)20-19(25)26-11-15-9-7-6-8-10-15/h6-10,14,17H,5,11H2,1-4H3,(H,20,25)(H,23,24). The molecule has 2 atom stereocenters. The van der Waals surface area contributed by atoms with E-state index in [0.717, 1.165) is 28.9 Å². The van der Waals surface area contributed by atoms with Gasteiger partial charge in [0.1, 0.15) is 6.61 Å². The topological polar surface area (TPSA) is 93.5 Å². The molecule has 2 unspecified atom stereocenters. The van der Waals surface area contributed by atoms with Crippen LogP contribution in [-0.4, -0.2) is 33.0 Å². The van der Waals surface area contributed by atoms with Crippen molar-refractivity contribution in [3.8, 4) is 0 Å². The first-order valence-electron chi connectivity index (χ1n) is 8.59. The Morgan fingerprint density at radius 3 is 2.46 bits per heavy atom. The van der Waals surface area contributed by atoms with E-state index in [1.807, 2.05) is 51.1 Å². The lowest BCUT2D eigenvalue weighted by molar-refractivity contribution is -0.140. The largest absolute Gasteiger partial charge is 0.480 e. The normalized spacial score (nSPS) is 13.1. The van der Waals surface area contributed by atoms with Gasteiger partial charge in [-0.05, 0) is 38.3 Å². The summed E-state index contributed by atoms with van der Waals surface area (Å²) in [5.74, 6) is -1.14. The zero-order valence-corrected chi connectivity index (χ0v) is 15.5. The fraction of sp³-hybridized carbons (Fsp3) is 0.421. The third-order valence-electron chi connectivity index (χ3n) is 4.45. The number of carbonyl (C=O) groups is 2. The highest BCUT2D eigenvalue weighted by Gasteiger charge is 2.30. The third-order valence-corrected chi connectivity index (χ3v) is 4.45.